The summed E-state index contributed by atoms with van der Waals surface area (Å²) in [4.78, 5) is 22.9. The highest BCUT2D eigenvalue weighted by molar-refractivity contribution is 7.87. The van der Waals surface area contributed by atoms with Gasteiger partial charge in [-0.1, -0.05) is 17.7 Å². The summed E-state index contributed by atoms with van der Waals surface area (Å²) in [6.45, 7) is -0.881. The number of nitrogens with two attached hydrogens (primary N) is 1. The number of halogens is 1. The lowest BCUT2D eigenvalue weighted by Crippen LogP contribution is -2.40. The van der Waals surface area contributed by atoms with Crippen LogP contribution in [0.4, 0.5) is 5.69 Å². The summed E-state index contributed by atoms with van der Waals surface area (Å²) >= 11 is 6.15. The Morgan fingerprint density at radius 2 is 1.87 bits per heavy atom. The lowest BCUT2D eigenvalue weighted by Gasteiger charge is -2.16. The number of carbonyl (C=O) groups is 2. The van der Waals surface area contributed by atoms with Gasteiger partial charge >= 0.3 is 11.9 Å². The fourth-order valence-electron chi connectivity index (χ4n) is 2.30. The zero-order valence-electron chi connectivity index (χ0n) is 16.3. The van der Waals surface area contributed by atoms with Crippen molar-refractivity contribution in [2.75, 3.05) is 18.9 Å². The summed E-state index contributed by atoms with van der Waals surface area (Å²) < 4.78 is 32.2. The first-order valence-corrected chi connectivity index (χ1v) is 10.4. The molecule has 0 aromatic heterocycles. The molecule has 0 radical (unpaired) electrons. The van der Waals surface area contributed by atoms with Gasteiger partial charge in [0.2, 0.25) is 0 Å². The smallest absolute Gasteiger partial charge is 0.343 e. The maximum atomic E-state index is 12.3. The van der Waals surface area contributed by atoms with E-state index in [0.717, 1.165) is 7.05 Å². The number of rotatable bonds is 9. The minimum atomic E-state index is -4.01. The van der Waals surface area contributed by atoms with Gasteiger partial charge in [-0.3, -0.25) is 10.2 Å². The van der Waals surface area contributed by atoms with E-state index in [-0.39, 0.29) is 28.8 Å². The Bertz CT molecular complexity index is 1090. The molecule has 13 heteroatoms. The van der Waals surface area contributed by atoms with Crippen LogP contribution < -0.4 is 20.5 Å². The van der Waals surface area contributed by atoms with E-state index in [4.69, 9.17) is 32.6 Å². The van der Waals surface area contributed by atoms with Crippen LogP contribution in [-0.2, 0) is 21.5 Å². The molecule has 0 saturated carbocycles. The van der Waals surface area contributed by atoms with E-state index in [9.17, 15) is 18.0 Å². The van der Waals surface area contributed by atoms with E-state index in [0.29, 0.717) is 15.6 Å². The van der Waals surface area contributed by atoms with Gasteiger partial charge in [0.15, 0.2) is 5.96 Å². The number of guanidine groups is 1. The van der Waals surface area contributed by atoms with Gasteiger partial charge in [0.1, 0.15) is 12.3 Å². The van der Waals surface area contributed by atoms with Crippen LogP contribution in [0.1, 0.15) is 15.9 Å². The molecule has 0 aliphatic rings. The molecule has 2 aromatic carbocycles. The molecule has 0 spiro atoms. The fourth-order valence-corrected chi connectivity index (χ4v) is 3.38. The minimum Gasteiger partial charge on any atom is -0.480 e. The van der Waals surface area contributed by atoms with Crippen molar-refractivity contribution in [2.24, 2.45) is 5.73 Å². The molecule has 0 fully saturated rings. The van der Waals surface area contributed by atoms with E-state index < -0.39 is 28.7 Å². The second-order valence-corrected chi connectivity index (χ2v) is 8.50. The monoisotopic (exact) mass is 469 g/mol. The molecule has 11 nitrogen and oxygen atoms in total. The Labute approximate surface area is 183 Å². The first-order valence-electron chi connectivity index (χ1n) is 8.62. The number of aliphatic carboxylic acids is 1. The summed E-state index contributed by atoms with van der Waals surface area (Å²) in [5, 5.41) is 18.6. The molecule has 0 unspecified atom stereocenters. The minimum absolute atomic E-state index is 0.148. The topological polar surface area (TPSA) is 175 Å². The molecular weight excluding hydrogens is 450 g/mol. The zero-order valence-corrected chi connectivity index (χ0v) is 17.8. The van der Waals surface area contributed by atoms with Gasteiger partial charge in [0, 0.05) is 24.3 Å². The molecule has 0 amide bonds. The summed E-state index contributed by atoms with van der Waals surface area (Å²) in [7, 11) is -2.89. The molecule has 0 aliphatic heterocycles. The number of likely N-dealkylation sites (N-methyl/N-ethyl adjacent to an activating group) is 1. The highest BCUT2D eigenvalue weighted by atomic mass is 35.5. The van der Waals surface area contributed by atoms with Crippen molar-refractivity contribution in [3.63, 3.8) is 0 Å². The number of ether oxygens (including phenoxy) is 1. The van der Waals surface area contributed by atoms with Crippen LogP contribution in [0.2, 0.25) is 5.02 Å². The highest BCUT2D eigenvalue weighted by Crippen LogP contribution is 2.24. The quantitative estimate of drug-likeness (QED) is 0.157. The predicted molar refractivity (Wildman–Crippen MR) is 114 cm³/mol. The Morgan fingerprint density at radius 1 is 1.23 bits per heavy atom. The number of carbonyl (C=O) groups excluding carboxylic acids is 1. The molecule has 31 heavy (non-hydrogen) atoms. The Balaban J connectivity index is 2.01. The average molecular weight is 470 g/mol. The van der Waals surface area contributed by atoms with E-state index in [1.807, 2.05) is 0 Å². The number of nitrogens with one attached hydrogen (secondary N) is 3. The summed E-state index contributed by atoms with van der Waals surface area (Å²) in [6.07, 6.45) is 0. The van der Waals surface area contributed by atoms with Gasteiger partial charge in [0.25, 0.3) is 10.2 Å². The van der Waals surface area contributed by atoms with Gasteiger partial charge < -0.3 is 20.9 Å². The van der Waals surface area contributed by atoms with Crippen molar-refractivity contribution in [2.45, 2.75) is 6.54 Å². The maximum Gasteiger partial charge on any atom is 0.343 e. The third-order valence-corrected chi connectivity index (χ3v) is 5.66. The number of benzene rings is 2. The van der Waals surface area contributed by atoms with Crippen LogP contribution in [-0.4, -0.2) is 49.3 Å². The van der Waals surface area contributed by atoms with E-state index in [1.54, 1.807) is 12.1 Å². The molecular formula is C18H20ClN5O6S. The standard InChI is InChI=1S/C18H20ClN5O6S/c1-24(10-16(25)26)31(28,29)22-9-12-4-7-14(8-15(12)19)30-17(27)11-2-5-13(6-3-11)23-18(20)21/h2-8,22H,9-10H2,1H3,(H,25,26)(H4,20,21,23). The number of carboxylic acid groups (broad SMARTS) is 1. The summed E-state index contributed by atoms with van der Waals surface area (Å²) in [5.74, 6) is -2.02. The molecule has 0 atom stereocenters. The number of hydrogen-bond acceptors (Lipinski definition) is 6. The Kier molecular flexibility index (Phi) is 7.94. The van der Waals surface area contributed by atoms with E-state index >= 15 is 0 Å². The largest absolute Gasteiger partial charge is 0.480 e. The lowest BCUT2D eigenvalue weighted by atomic mass is 10.2. The molecule has 2 rings (SSSR count). The highest BCUT2D eigenvalue weighted by Gasteiger charge is 2.20. The van der Waals surface area contributed by atoms with Crippen molar-refractivity contribution in [1.82, 2.24) is 9.03 Å². The molecule has 166 valence electrons. The first kappa shape index (κ1) is 24.1. The molecule has 0 aliphatic carbocycles. The first-order chi connectivity index (χ1) is 14.5. The van der Waals surface area contributed by atoms with Crippen LogP contribution in [0.25, 0.3) is 0 Å². The van der Waals surface area contributed by atoms with Gasteiger partial charge in [-0.25, -0.2) is 4.79 Å². The van der Waals surface area contributed by atoms with Gasteiger partial charge in [-0.2, -0.15) is 17.4 Å². The third-order valence-electron chi connectivity index (χ3n) is 3.85. The lowest BCUT2D eigenvalue weighted by molar-refractivity contribution is -0.137. The van der Waals surface area contributed by atoms with Crippen LogP contribution in [0.3, 0.4) is 0 Å². The van der Waals surface area contributed by atoms with Crippen LogP contribution in [0.15, 0.2) is 42.5 Å². The second kappa shape index (κ2) is 10.2. The number of hydrogen-bond donors (Lipinski definition) is 5. The Hall–Kier alpha value is -3.19. The zero-order chi connectivity index (χ0) is 23.2. The molecule has 6 N–H and O–H groups in total. The van der Waals surface area contributed by atoms with Crippen molar-refractivity contribution >= 4 is 45.4 Å². The molecule has 0 saturated heterocycles. The average Bonchev–Trinajstić information content (AvgIpc) is 2.67. The predicted octanol–water partition coefficient (Wildman–Crippen LogP) is 1.22. The van der Waals surface area contributed by atoms with Crippen molar-refractivity contribution < 1.29 is 27.9 Å². The van der Waals surface area contributed by atoms with E-state index in [2.05, 4.69) is 10.0 Å². The number of anilines is 1. The van der Waals surface area contributed by atoms with E-state index in [1.165, 1.54) is 30.3 Å². The van der Waals surface area contributed by atoms with Crippen LogP contribution in [0.5, 0.6) is 5.75 Å². The molecule has 0 heterocycles. The van der Waals surface area contributed by atoms with Crippen molar-refractivity contribution in [1.29, 1.82) is 5.41 Å². The number of esters is 1. The van der Waals surface area contributed by atoms with Crippen molar-refractivity contribution in [3.8, 4) is 5.75 Å². The fraction of sp³-hybridized carbons (Fsp3) is 0.167. The van der Waals surface area contributed by atoms with Gasteiger partial charge in [-0.05, 0) is 42.0 Å². The number of nitrogens with zero attached hydrogens (tertiary/aromatic N) is 1. The summed E-state index contributed by atoms with van der Waals surface area (Å²) in [6, 6.07) is 10.4. The van der Waals surface area contributed by atoms with Crippen molar-refractivity contribution in [3.05, 3.63) is 58.6 Å². The van der Waals surface area contributed by atoms with Gasteiger partial charge in [-0.15, -0.1) is 0 Å². The second-order valence-electron chi connectivity index (χ2n) is 6.23. The summed E-state index contributed by atoms with van der Waals surface area (Å²) in [5.41, 5.74) is 6.42. The maximum absolute atomic E-state index is 12.3. The molecule has 2 aromatic rings. The van der Waals surface area contributed by atoms with Crippen LogP contribution >= 0.6 is 11.6 Å². The molecule has 0 bridgehead atoms. The normalized spacial score (nSPS) is 11.2. The van der Waals surface area contributed by atoms with Gasteiger partial charge in [0.05, 0.1) is 5.56 Å². The SMILES string of the molecule is CN(CC(=O)O)S(=O)(=O)NCc1ccc(OC(=O)c2ccc(NC(=N)N)cc2)cc1Cl. The Morgan fingerprint density at radius 3 is 2.42 bits per heavy atom. The van der Waals surface area contributed by atoms with Crippen LogP contribution in [0, 0.1) is 5.41 Å². The third kappa shape index (κ3) is 7.22. The number of carboxylic acids is 1.